The number of benzene rings is 1. The highest BCUT2D eigenvalue weighted by Crippen LogP contribution is 2.46. The van der Waals surface area contributed by atoms with E-state index in [1.807, 2.05) is 27.7 Å². The molecule has 8 heteroatoms. The van der Waals surface area contributed by atoms with E-state index in [1.54, 1.807) is 6.07 Å². The third-order valence-corrected chi connectivity index (χ3v) is 5.92. The molecular formula is C28H41O7P. The Bertz CT molecular complexity index is 881. The molecule has 2 atom stereocenters. The number of ether oxygens (including phenoxy) is 4. The molecule has 0 fully saturated rings. The van der Waals surface area contributed by atoms with Crippen LogP contribution in [0.1, 0.15) is 79.1 Å². The zero-order valence-corrected chi connectivity index (χ0v) is 23.1. The van der Waals surface area contributed by atoms with Gasteiger partial charge < -0.3 is 18.9 Å². The lowest BCUT2D eigenvalue weighted by Gasteiger charge is -2.26. The van der Waals surface area contributed by atoms with Crippen LogP contribution in [0.4, 0.5) is 0 Å². The summed E-state index contributed by atoms with van der Waals surface area (Å²) in [5.74, 6) is 0.153. The van der Waals surface area contributed by atoms with E-state index in [4.69, 9.17) is 18.9 Å². The predicted octanol–water partition coefficient (Wildman–Crippen LogP) is 6.57. The molecule has 36 heavy (non-hydrogen) atoms. The van der Waals surface area contributed by atoms with E-state index in [9.17, 15) is 14.2 Å². The summed E-state index contributed by atoms with van der Waals surface area (Å²) < 4.78 is 36.7. The lowest BCUT2D eigenvalue weighted by Crippen LogP contribution is -2.29. The minimum atomic E-state index is -0.856. The second-order valence-electron chi connectivity index (χ2n) is 8.38. The highest BCUT2D eigenvalue weighted by atomic mass is 31.1. The van der Waals surface area contributed by atoms with Crippen molar-refractivity contribution in [1.82, 2.24) is 0 Å². The summed E-state index contributed by atoms with van der Waals surface area (Å²) in [5, 5.41) is 0.309. The summed E-state index contributed by atoms with van der Waals surface area (Å²) in [6.07, 6.45) is 6.33. The smallest absolute Gasteiger partial charge is 0.209 e. The fraction of sp³-hybridized carbons (Fsp3) is 0.571. The number of carbonyl (C=O) groups excluding carboxylic acids is 2. The van der Waals surface area contributed by atoms with Gasteiger partial charge in [0.05, 0.1) is 18.5 Å². The van der Waals surface area contributed by atoms with Crippen LogP contribution in [0.25, 0.3) is 0 Å². The van der Waals surface area contributed by atoms with Crippen molar-refractivity contribution >= 4 is 25.3 Å². The molecule has 0 heterocycles. The first-order valence-electron chi connectivity index (χ1n) is 12.9. The molecule has 1 aromatic rings. The van der Waals surface area contributed by atoms with Crippen molar-refractivity contribution in [2.24, 2.45) is 0 Å². The van der Waals surface area contributed by atoms with Gasteiger partial charge in [0.25, 0.3) is 0 Å². The quantitative estimate of drug-likeness (QED) is 0.103. The molecule has 0 bridgehead atoms. The van der Waals surface area contributed by atoms with Gasteiger partial charge in [-0.05, 0) is 37.8 Å². The maximum Gasteiger partial charge on any atom is 0.209 e. The van der Waals surface area contributed by atoms with Crippen molar-refractivity contribution in [1.29, 1.82) is 0 Å². The zero-order chi connectivity index (χ0) is 26.9. The standard InChI is InChI=1S/C28H41O7P/c1-7-13-17-32-24-19-25(36-31)27(33-18-14-8-2)28(35-23(16-10-4)21(30)12-6)26(24)34-22(15-9-3)20(29)11-5/h11-12,19,22-23H,5-10,13-18H2,1-4H3. The van der Waals surface area contributed by atoms with Gasteiger partial charge >= 0.3 is 0 Å². The highest BCUT2D eigenvalue weighted by molar-refractivity contribution is 7.34. The van der Waals surface area contributed by atoms with Crippen molar-refractivity contribution in [3.63, 3.8) is 0 Å². The largest absolute Gasteiger partial charge is 0.490 e. The summed E-state index contributed by atoms with van der Waals surface area (Å²) in [6.45, 7) is 15.9. The summed E-state index contributed by atoms with van der Waals surface area (Å²) >= 11 is 0. The fourth-order valence-corrected chi connectivity index (χ4v) is 3.77. The molecule has 0 saturated carbocycles. The van der Waals surface area contributed by atoms with Crippen molar-refractivity contribution < 1.29 is 33.1 Å². The molecule has 2 unspecified atom stereocenters. The third kappa shape index (κ3) is 9.42. The molecule has 0 amide bonds. The van der Waals surface area contributed by atoms with Crippen LogP contribution >= 0.6 is 8.46 Å². The van der Waals surface area contributed by atoms with Gasteiger partial charge in [0.2, 0.25) is 11.5 Å². The number of unbranched alkanes of at least 4 members (excludes halogenated alkanes) is 2. The van der Waals surface area contributed by atoms with E-state index in [0.717, 1.165) is 25.7 Å². The van der Waals surface area contributed by atoms with Crippen molar-refractivity contribution in [3.05, 3.63) is 31.4 Å². The molecule has 0 saturated heterocycles. The lowest BCUT2D eigenvalue weighted by atomic mass is 10.1. The number of ketones is 2. The normalized spacial score (nSPS) is 12.4. The van der Waals surface area contributed by atoms with Gasteiger partial charge in [-0.25, -0.2) is 0 Å². The Kier molecular flexibility index (Phi) is 15.4. The average molecular weight is 521 g/mol. The van der Waals surface area contributed by atoms with Gasteiger partial charge in [-0.2, -0.15) is 0 Å². The van der Waals surface area contributed by atoms with Gasteiger partial charge in [0, 0.05) is 6.07 Å². The first kappa shape index (κ1) is 31.4. The highest BCUT2D eigenvalue weighted by Gasteiger charge is 2.31. The lowest BCUT2D eigenvalue weighted by molar-refractivity contribution is -0.122. The molecule has 0 aromatic heterocycles. The SMILES string of the molecule is C=CC(=O)C(CCC)Oc1c(OCCCC)cc(P=O)c(OCCCC)c1OC(CCC)C(=O)C=C. The Morgan fingerprint density at radius 1 is 0.806 bits per heavy atom. The van der Waals surface area contributed by atoms with Crippen LogP contribution in [0, 0.1) is 0 Å². The summed E-state index contributed by atoms with van der Waals surface area (Å²) in [5.41, 5.74) is 0. The molecule has 200 valence electrons. The number of hydrogen-bond acceptors (Lipinski definition) is 7. The molecule has 1 aromatic carbocycles. The molecule has 0 aliphatic rings. The van der Waals surface area contributed by atoms with Crippen LogP contribution in [-0.2, 0) is 14.2 Å². The maximum absolute atomic E-state index is 12.6. The van der Waals surface area contributed by atoms with Gasteiger partial charge in [0.15, 0.2) is 43.7 Å². The Morgan fingerprint density at radius 2 is 1.31 bits per heavy atom. The minimum Gasteiger partial charge on any atom is -0.490 e. The maximum atomic E-state index is 12.6. The average Bonchev–Trinajstić information content (AvgIpc) is 2.89. The second kappa shape index (κ2) is 17.7. The molecule has 0 aliphatic heterocycles. The second-order valence-corrected chi connectivity index (χ2v) is 9.04. The van der Waals surface area contributed by atoms with E-state index in [0.29, 0.717) is 44.2 Å². The van der Waals surface area contributed by atoms with Crippen molar-refractivity contribution in [2.45, 2.75) is 91.3 Å². The molecule has 0 radical (unpaired) electrons. The van der Waals surface area contributed by atoms with Crippen LogP contribution in [0.3, 0.4) is 0 Å². The Labute approximate surface area is 217 Å². The minimum absolute atomic E-state index is 0.102. The zero-order valence-electron chi connectivity index (χ0n) is 22.2. The Balaban J connectivity index is 3.83. The van der Waals surface area contributed by atoms with E-state index >= 15 is 0 Å². The molecule has 0 N–H and O–H groups in total. The van der Waals surface area contributed by atoms with Crippen LogP contribution in [0.5, 0.6) is 23.0 Å². The van der Waals surface area contributed by atoms with E-state index in [1.165, 1.54) is 12.2 Å². The van der Waals surface area contributed by atoms with Crippen molar-refractivity contribution in [3.8, 4) is 23.0 Å². The summed E-state index contributed by atoms with van der Waals surface area (Å²) in [7, 11) is -0.307. The first-order valence-corrected chi connectivity index (χ1v) is 13.7. The van der Waals surface area contributed by atoms with E-state index in [-0.39, 0.29) is 43.0 Å². The van der Waals surface area contributed by atoms with Gasteiger partial charge in [-0.15, -0.1) is 0 Å². The first-order chi connectivity index (χ1) is 17.4. The Morgan fingerprint density at radius 3 is 1.75 bits per heavy atom. The van der Waals surface area contributed by atoms with Crippen LogP contribution in [0.2, 0.25) is 0 Å². The molecule has 1 rings (SSSR count). The van der Waals surface area contributed by atoms with E-state index in [2.05, 4.69) is 13.2 Å². The number of carbonyl (C=O) groups is 2. The van der Waals surface area contributed by atoms with Crippen LogP contribution in [0.15, 0.2) is 31.4 Å². The van der Waals surface area contributed by atoms with E-state index < -0.39 is 12.2 Å². The van der Waals surface area contributed by atoms with Crippen LogP contribution < -0.4 is 24.3 Å². The molecule has 0 aliphatic carbocycles. The molecule has 0 spiro atoms. The topological polar surface area (TPSA) is 88.1 Å². The predicted molar refractivity (Wildman–Crippen MR) is 144 cm³/mol. The fourth-order valence-electron chi connectivity index (χ4n) is 3.36. The Hall–Kier alpha value is -2.66. The third-order valence-electron chi connectivity index (χ3n) is 5.39. The summed E-state index contributed by atoms with van der Waals surface area (Å²) in [6, 6.07) is 1.58. The summed E-state index contributed by atoms with van der Waals surface area (Å²) in [4.78, 5) is 25.2. The van der Waals surface area contributed by atoms with Gasteiger partial charge in [-0.3, -0.25) is 14.2 Å². The van der Waals surface area contributed by atoms with Crippen molar-refractivity contribution in [2.75, 3.05) is 13.2 Å². The van der Waals surface area contributed by atoms with Crippen LogP contribution in [-0.4, -0.2) is 37.0 Å². The number of hydrogen-bond donors (Lipinski definition) is 0. The van der Waals surface area contributed by atoms with Gasteiger partial charge in [-0.1, -0.05) is 66.5 Å². The molecule has 7 nitrogen and oxygen atoms in total. The van der Waals surface area contributed by atoms with Gasteiger partial charge in [0.1, 0.15) is 0 Å². The number of rotatable bonds is 21. The molecular weight excluding hydrogens is 479 g/mol. The monoisotopic (exact) mass is 520 g/mol.